The Kier molecular flexibility index (Phi) is 4.23. The zero-order chi connectivity index (χ0) is 14.7. The van der Waals surface area contributed by atoms with Gasteiger partial charge in [0, 0.05) is 12.0 Å². The zero-order valence-corrected chi connectivity index (χ0v) is 12.0. The number of fused-ring (bicyclic) bond motifs is 1. The maximum Gasteiger partial charge on any atom is 0.341 e. The van der Waals surface area contributed by atoms with Crippen molar-refractivity contribution in [2.75, 3.05) is 14.2 Å². The Bertz CT molecular complexity index is 584. The molecule has 0 heterocycles. The van der Waals surface area contributed by atoms with Crippen LogP contribution in [0.5, 0.6) is 0 Å². The molecule has 0 unspecified atom stereocenters. The molecule has 1 aromatic rings. The van der Waals surface area contributed by atoms with Gasteiger partial charge in [-0.2, -0.15) is 0 Å². The number of ketones is 1. The standard InChI is InChI=1S/C16H18O4/c1-10-7-11-5-4-6-15(17)13(11)8-12(10)14(9-19-2)16(18)20-3/h7-9H,4-6H2,1-3H3/b14-9+. The van der Waals surface area contributed by atoms with Crippen LogP contribution in [0, 0.1) is 6.92 Å². The van der Waals surface area contributed by atoms with E-state index in [-0.39, 0.29) is 5.78 Å². The van der Waals surface area contributed by atoms with E-state index < -0.39 is 5.97 Å². The Hall–Kier alpha value is -2.10. The van der Waals surface area contributed by atoms with Crippen LogP contribution in [-0.4, -0.2) is 26.0 Å². The van der Waals surface area contributed by atoms with Gasteiger partial charge < -0.3 is 9.47 Å². The SMILES string of the molecule is CO/C=C(/C(=O)OC)c1cc2c(cc1C)CCCC2=O. The van der Waals surface area contributed by atoms with Gasteiger partial charge in [0.25, 0.3) is 0 Å². The van der Waals surface area contributed by atoms with Gasteiger partial charge >= 0.3 is 5.97 Å². The maximum absolute atomic E-state index is 12.0. The molecule has 0 aliphatic heterocycles. The van der Waals surface area contributed by atoms with Crippen LogP contribution in [0.1, 0.15) is 39.9 Å². The molecule has 0 radical (unpaired) electrons. The molecule has 4 nitrogen and oxygen atoms in total. The Morgan fingerprint density at radius 3 is 2.65 bits per heavy atom. The van der Waals surface area contributed by atoms with E-state index in [0.29, 0.717) is 23.1 Å². The van der Waals surface area contributed by atoms with Gasteiger partial charge in [0.15, 0.2) is 5.78 Å². The summed E-state index contributed by atoms with van der Waals surface area (Å²) in [7, 11) is 2.80. The predicted octanol–water partition coefficient (Wildman–Crippen LogP) is 2.67. The smallest absolute Gasteiger partial charge is 0.341 e. The first-order chi connectivity index (χ1) is 9.58. The van der Waals surface area contributed by atoms with Crippen molar-refractivity contribution in [3.8, 4) is 0 Å². The molecule has 4 heteroatoms. The number of ether oxygens (including phenoxy) is 2. The number of hydrogen-bond donors (Lipinski definition) is 0. The minimum Gasteiger partial charge on any atom is -0.503 e. The maximum atomic E-state index is 12.0. The summed E-state index contributed by atoms with van der Waals surface area (Å²) in [5.74, 6) is -0.340. The lowest BCUT2D eigenvalue weighted by Crippen LogP contribution is -2.13. The van der Waals surface area contributed by atoms with E-state index in [1.807, 2.05) is 13.0 Å². The minimum absolute atomic E-state index is 0.133. The Morgan fingerprint density at radius 1 is 1.25 bits per heavy atom. The summed E-state index contributed by atoms with van der Waals surface area (Å²) < 4.78 is 9.73. The summed E-state index contributed by atoms with van der Waals surface area (Å²) in [6, 6.07) is 3.77. The number of carbonyl (C=O) groups excluding carboxylic acids is 2. The van der Waals surface area contributed by atoms with Crippen molar-refractivity contribution >= 4 is 17.3 Å². The summed E-state index contributed by atoms with van der Waals surface area (Å²) >= 11 is 0. The summed E-state index contributed by atoms with van der Waals surface area (Å²) in [4.78, 5) is 23.9. The van der Waals surface area contributed by atoms with Crippen molar-refractivity contribution < 1.29 is 19.1 Å². The van der Waals surface area contributed by atoms with Crippen molar-refractivity contribution in [1.82, 2.24) is 0 Å². The molecule has 0 bridgehead atoms. The van der Waals surface area contributed by atoms with Crippen LogP contribution >= 0.6 is 0 Å². The molecular formula is C16H18O4. The fourth-order valence-corrected chi connectivity index (χ4v) is 2.55. The van der Waals surface area contributed by atoms with Crippen molar-refractivity contribution in [3.05, 3.63) is 40.6 Å². The Labute approximate surface area is 118 Å². The number of hydrogen-bond acceptors (Lipinski definition) is 4. The normalized spacial score (nSPS) is 14.8. The van der Waals surface area contributed by atoms with Gasteiger partial charge in [-0.05, 0) is 42.5 Å². The molecule has 106 valence electrons. The van der Waals surface area contributed by atoms with Gasteiger partial charge in [-0.15, -0.1) is 0 Å². The number of Topliss-reactive ketones (excluding diaryl/α,β-unsaturated/α-hetero) is 1. The summed E-state index contributed by atoms with van der Waals surface area (Å²) in [6.07, 6.45) is 3.72. The van der Waals surface area contributed by atoms with E-state index in [0.717, 1.165) is 24.0 Å². The lowest BCUT2D eigenvalue weighted by atomic mass is 9.86. The highest BCUT2D eigenvalue weighted by atomic mass is 16.5. The zero-order valence-electron chi connectivity index (χ0n) is 12.0. The van der Waals surface area contributed by atoms with Gasteiger partial charge in [-0.3, -0.25) is 4.79 Å². The van der Waals surface area contributed by atoms with E-state index in [9.17, 15) is 9.59 Å². The second-order valence-electron chi connectivity index (χ2n) is 4.86. The summed E-state index contributed by atoms with van der Waals surface area (Å²) in [5, 5.41) is 0. The fraction of sp³-hybridized carbons (Fsp3) is 0.375. The quantitative estimate of drug-likeness (QED) is 0.483. The molecule has 0 aromatic heterocycles. The molecule has 0 fully saturated rings. The van der Waals surface area contributed by atoms with Crippen LogP contribution < -0.4 is 0 Å². The second kappa shape index (κ2) is 5.90. The van der Waals surface area contributed by atoms with E-state index in [1.165, 1.54) is 20.5 Å². The lowest BCUT2D eigenvalue weighted by molar-refractivity contribution is -0.133. The third-order valence-corrected chi connectivity index (χ3v) is 3.53. The van der Waals surface area contributed by atoms with Gasteiger partial charge in [0.2, 0.25) is 0 Å². The van der Waals surface area contributed by atoms with Gasteiger partial charge in [0.1, 0.15) is 5.57 Å². The molecule has 1 aromatic carbocycles. The minimum atomic E-state index is -0.474. The first-order valence-corrected chi connectivity index (χ1v) is 6.57. The molecule has 20 heavy (non-hydrogen) atoms. The number of esters is 1. The van der Waals surface area contributed by atoms with Crippen LogP contribution in [0.25, 0.3) is 5.57 Å². The molecule has 0 saturated carbocycles. The number of aryl methyl sites for hydroxylation is 2. The highest BCUT2D eigenvalue weighted by Gasteiger charge is 2.22. The third-order valence-electron chi connectivity index (χ3n) is 3.53. The number of benzene rings is 1. The number of rotatable bonds is 3. The van der Waals surface area contributed by atoms with Gasteiger partial charge in [-0.1, -0.05) is 6.07 Å². The van der Waals surface area contributed by atoms with Crippen LogP contribution in [0.2, 0.25) is 0 Å². The van der Waals surface area contributed by atoms with E-state index in [4.69, 9.17) is 9.47 Å². The Morgan fingerprint density at radius 2 is 2.00 bits per heavy atom. The summed E-state index contributed by atoms with van der Waals surface area (Å²) in [5.41, 5.74) is 3.72. The summed E-state index contributed by atoms with van der Waals surface area (Å²) in [6.45, 7) is 1.92. The fourth-order valence-electron chi connectivity index (χ4n) is 2.55. The van der Waals surface area contributed by atoms with Crippen LogP contribution in [0.15, 0.2) is 18.4 Å². The van der Waals surface area contributed by atoms with Crippen molar-refractivity contribution in [2.24, 2.45) is 0 Å². The molecular weight excluding hydrogens is 256 g/mol. The van der Waals surface area contributed by atoms with Crippen molar-refractivity contribution in [2.45, 2.75) is 26.2 Å². The lowest BCUT2D eigenvalue weighted by Gasteiger charge is -2.18. The van der Waals surface area contributed by atoms with Crippen LogP contribution in [0.4, 0.5) is 0 Å². The van der Waals surface area contributed by atoms with Gasteiger partial charge in [0.05, 0.1) is 20.5 Å². The van der Waals surface area contributed by atoms with Crippen molar-refractivity contribution in [1.29, 1.82) is 0 Å². The van der Waals surface area contributed by atoms with E-state index in [1.54, 1.807) is 6.07 Å². The monoisotopic (exact) mass is 274 g/mol. The second-order valence-corrected chi connectivity index (χ2v) is 4.86. The highest BCUT2D eigenvalue weighted by Crippen LogP contribution is 2.29. The topological polar surface area (TPSA) is 52.6 Å². The van der Waals surface area contributed by atoms with Crippen molar-refractivity contribution in [3.63, 3.8) is 0 Å². The largest absolute Gasteiger partial charge is 0.503 e. The molecule has 0 N–H and O–H groups in total. The van der Waals surface area contributed by atoms with Crippen LogP contribution in [-0.2, 0) is 20.7 Å². The predicted molar refractivity (Wildman–Crippen MR) is 75.4 cm³/mol. The molecule has 1 aliphatic rings. The van der Waals surface area contributed by atoms with Gasteiger partial charge in [-0.25, -0.2) is 4.79 Å². The first-order valence-electron chi connectivity index (χ1n) is 6.57. The molecule has 2 rings (SSSR count). The third kappa shape index (κ3) is 2.59. The number of carbonyl (C=O) groups is 2. The first kappa shape index (κ1) is 14.3. The van der Waals surface area contributed by atoms with Crippen LogP contribution in [0.3, 0.4) is 0 Å². The van der Waals surface area contributed by atoms with E-state index in [2.05, 4.69) is 0 Å². The molecule has 0 saturated heterocycles. The Balaban J connectivity index is 2.56. The average Bonchev–Trinajstić information content (AvgIpc) is 2.44. The highest BCUT2D eigenvalue weighted by molar-refractivity contribution is 6.17. The molecule has 1 aliphatic carbocycles. The molecule has 0 atom stereocenters. The number of methoxy groups -OCH3 is 2. The van der Waals surface area contributed by atoms with E-state index >= 15 is 0 Å². The molecule has 0 spiro atoms. The molecule has 0 amide bonds. The average molecular weight is 274 g/mol.